The summed E-state index contributed by atoms with van der Waals surface area (Å²) in [5.41, 5.74) is 1.19. The average Bonchev–Trinajstić information content (AvgIpc) is 3.03. The van der Waals surface area contributed by atoms with Crippen LogP contribution in [0.5, 0.6) is 0 Å². The normalized spacial score (nSPS) is 15.0. The Kier molecular flexibility index (Phi) is 5.48. The van der Waals surface area contributed by atoms with Gasteiger partial charge in [-0.1, -0.05) is 78.3 Å². The molecule has 4 rings (SSSR count). The molecule has 1 heterocycles. The number of anilines is 1. The van der Waals surface area contributed by atoms with E-state index in [-0.39, 0.29) is 0 Å². The highest BCUT2D eigenvalue weighted by atomic mass is 35.5. The number of hydrogen-bond donors (Lipinski definition) is 2. The molecule has 7 heteroatoms. The SMILES string of the molecule is Cc1ccc(Cl)cc1NC(=O)CN1C(=O)NC(c2ccccc2)(c2ccccc2)C1=O. The number of carbonyl (C=O) groups excluding carboxylic acids is 3. The monoisotopic (exact) mass is 433 g/mol. The van der Waals surface area contributed by atoms with E-state index in [4.69, 9.17) is 11.6 Å². The van der Waals surface area contributed by atoms with Crippen molar-refractivity contribution in [1.29, 1.82) is 0 Å². The second kappa shape index (κ2) is 8.24. The lowest BCUT2D eigenvalue weighted by Crippen LogP contribution is -2.45. The topological polar surface area (TPSA) is 78.5 Å². The van der Waals surface area contributed by atoms with Crippen LogP contribution in [0.25, 0.3) is 0 Å². The van der Waals surface area contributed by atoms with Crippen molar-refractivity contribution < 1.29 is 14.4 Å². The Hall–Kier alpha value is -3.64. The summed E-state index contributed by atoms with van der Waals surface area (Å²) in [5, 5.41) is 6.03. The molecule has 2 N–H and O–H groups in total. The summed E-state index contributed by atoms with van der Waals surface area (Å²) < 4.78 is 0. The Bertz CT molecular complexity index is 1110. The molecular formula is C24H20ClN3O3. The van der Waals surface area contributed by atoms with E-state index in [0.29, 0.717) is 21.8 Å². The molecule has 0 saturated carbocycles. The van der Waals surface area contributed by atoms with Crippen molar-refractivity contribution in [2.24, 2.45) is 0 Å². The van der Waals surface area contributed by atoms with Crippen LogP contribution >= 0.6 is 11.6 Å². The molecule has 0 radical (unpaired) electrons. The van der Waals surface area contributed by atoms with Gasteiger partial charge in [-0.25, -0.2) is 4.79 Å². The van der Waals surface area contributed by atoms with E-state index >= 15 is 0 Å². The third kappa shape index (κ3) is 3.78. The van der Waals surface area contributed by atoms with Crippen LogP contribution in [0.2, 0.25) is 5.02 Å². The third-order valence-corrected chi connectivity index (χ3v) is 5.53. The van der Waals surface area contributed by atoms with Gasteiger partial charge in [0, 0.05) is 10.7 Å². The van der Waals surface area contributed by atoms with Crippen LogP contribution in [0.15, 0.2) is 78.9 Å². The van der Waals surface area contributed by atoms with Crippen molar-refractivity contribution in [3.63, 3.8) is 0 Å². The first-order chi connectivity index (χ1) is 14.9. The predicted octanol–water partition coefficient (Wildman–Crippen LogP) is 4.08. The van der Waals surface area contributed by atoms with Crippen molar-refractivity contribution >= 4 is 35.1 Å². The molecule has 4 amide bonds. The lowest BCUT2D eigenvalue weighted by atomic mass is 9.82. The molecule has 0 bridgehead atoms. The smallest absolute Gasteiger partial charge is 0.324 e. The van der Waals surface area contributed by atoms with Gasteiger partial charge in [0.15, 0.2) is 5.54 Å². The molecule has 156 valence electrons. The van der Waals surface area contributed by atoms with E-state index in [0.717, 1.165) is 10.5 Å². The fourth-order valence-electron chi connectivity index (χ4n) is 3.72. The Balaban J connectivity index is 1.65. The van der Waals surface area contributed by atoms with Crippen LogP contribution < -0.4 is 10.6 Å². The number of carbonyl (C=O) groups is 3. The van der Waals surface area contributed by atoms with Crippen molar-refractivity contribution in [2.75, 3.05) is 11.9 Å². The lowest BCUT2D eigenvalue weighted by molar-refractivity contribution is -0.133. The molecular weight excluding hydrogens is 414 g/mol. The van der Waals surface area contributed by atoms with Gasteiger partial charge < -0.3 is 10.6 Å². The number of rotatable bonds is 5. The largest absolute Gasteiger partial charge is 0.326 e. The standard InChI is InChI=1S/C24H20ClN3O3/c1-16-12-13-19(25)14-20(16)26-21(29)15-28-22(30)24(27-23(28)31,17-8-4-2-5-9-17)18-10-6-3-7-11-18/h2-14H,15H2,1H3,(H,26,29)(H,27,31). The average molecular weight is 434 g/mol. The highest BCUT2D eigenvalue weighted by molar-refractivity contribution is 6.31. The van der Waals surface area contributed by atoms with Crippen LogP contribution in [0.3, 0.4) is 0 Å². The first kappa shape index (κ1) is 20.6. The predicted molar refractivity (Wildman–Crippen MR) is 119 cm³/mol. The summed E-state index contributed by atoms with van der Waals surface area (Å²) in [5.74, 6) is -1.00. The molecule has 3 aromatic rings. The molecule has 1 aliphatic heterocycles. The first-order valence-corrected chi connectivity index (χ1v) is 10.1. The number of halogens is 1. The molecule has 0 aromatic heterocycles. The molecule has 3 aromatic carbocycles. The van der Waals surface area contributed by atoms with Gasteiger partial charge in [-0.05, 0) is 35.7 Å². The quantitative estimate of drug-likeness (QED) is 0.595. The minimum atomic E-state index is -1.40. The van der Waals surface area contributed by atoms with E-state index in [1.165, 1.54) is 0 Å². The molecule has 6 nitrogen and oxygen atoms in total. The van der Waals surface area contributed by atoms with Crippen LogP contribution in [0, 0.1) is 6.92 Å². The maximum atomic E-state index is 13.6. The number of imide groups is 1. The second-order valence-electron chi connectivity index (χ2n) is 7.31. The number of hydrogen-bond acceptors (Lipinski definition) is 3. The summed E-state index contributed by atoms with van der Waals surface area (Å²) in [6.45, 7) is 1.41. The van der Waals surface area contributed by atoms with Crippen LogP contribution in [-0.4, -0.2) is 29.3 Å². The van der Waals surface area contributed by atoms with Gasteiger partial charge in [0.1, 0.15) is 6.54 Å². The van der Waals surface area contributed by atoms with Crippen LogP contribution in [-0.2, 0) is 15.1 Å². The van der Waals surface area contributed by atoms with Crippen molar-refractivity contribution in [2.45, 2.75) is 12.5 Å². The Morgan fingerprint density at radius 3 is 2.13 bits per heavy atom. The fourth-order valence-corrected chi connectivity index (χ4v) is 3.89. The zero-order valence-corrected chi connectivity index (χ0v) is 17.5. The van der Waals surface area contributed by atoms with E-state index in [1.807, 2.05) is 19.1 Å². The molecule has 0 aliphatic carbocycles. The number of benzene rings is 3. The lowest BCUT2D eigenvalue weighted by Gasteiger charge is -2.28. The number of nitrogens with zero attached hydrogens (tertiary/aromatic N) is 1. The molecule has 31 heavy (non-hydrogen) atoms. The number of nitrogens with one attached hydrogen (secondary N) is 2. The minimum Gasteiger partial charge on any atom is -0.324 e. The van der Waals surface area contributed by atoms with Gasteiger partial charge in [-0.15, -0.1) is 0 Å². The maximum Gasteiger partial charge on any atom is 0.326 e. The van der Waals surface area contributed by atoms with Gasteiger partial charge >= 0.3 is 6.03 Å². The summed E-state index contributed by atoms with van der Waals surface area (Å²) in [6, 6.07) is 22.5. The Morgan fingerprint density at radius 1 is 0.968 bits per heavy atom. The van der Waals surface area contributed by atoms with E-state index in [2.05, 4.69) is 10.6 Å². The molecule has 1 fully saturated rings. The summed E-state index contributed by atoms with van der Waals surface area (Å²) >= 11 is 6.01. The van der Waals surface area contributed by atoms with Crippen LogP contribution in [0.1, 0.15) is 16.7 Å². The first-order valence-electron chi connectivity index (χ1n) is 9.73. The van der Waals surface area contributed by atoms with Crippen molar-refractivity contribution in [1.82, 2.24) is 10.2 Å². The molecule has 0 atom stereocenters. The zero-order chi connectivity index (χ0) is 22.0. The van der Waals surface area contributed by atoms with Gasteiger partial charge in [0.05, 0.1) is 0 Å². The van der Waals surface area contributed by atoms with Gasteiger partial charge in [-0.2, -0.15) is 0 Å². The number of urea groups is 1. The molecule has 0 unspecified atom stereocenters. The summed E-state index contributed by atoms with van der Waals surface area (Å²) in [7, 11) is 0. The minimum absolute atomic E-state index is 0.419. The number of amides is 4. The zero-order valence-electron chi connectivity index (χ0n) is 16.8. The van der Waals surface area contributed by atoms with Gasteiger partial charge in [-0.3, -0.25) is 14.5 Å². The van der Waals surface area contributed by atoms with Gasteiger partial charge in [0.2, 0.25) is 5.91 Å². The van der Waals surface area contributed by atoms with Crippen molar-refractivity contribution in [3.05, 3.63) is 101 Å². The second-order valence-corrected chi connectivity index (χ2v) is 7.75. The summed E-state index contributed by atoms with van der Waals surface area (Å²) in [4.78, 5) is 40.1. The molecule has 1 aliphatic rings. The molecule has 0 spiro atoms. The fraction of sp³-hybridized carbons (Fsp3) is 0.125. The van der Waals surface area contributed by atoms with Crippen molar-refractivity contribution in [3.8, 4) is 0 Å². The Morgan fingerprint density at radius 2 is 1.55 bits per heavy atom. The maximum absolute atomic E-state index is 13.6. The van der Waals surface area contributed by atoms with Gasteiger partial charge in [0.25, 0.3) is 5.91 Å². The third-order valence-electron chi connectivity index (χ3n) is 5.29. The summed E-state index contributed by atoms with van der Waals surface area (Å²) in [6.07, 6.45) is 0. The highest BCUT2D eigenvalue weighted by Gasteiger charge is 2.54. The van der Waals surface area contributed by atoms with E-state index < -0.39 is 29.9 Å². The highest BCUT2D eigenvalue weighted by Crippen LogP contribution is 2.36. The van der Waals surface area contributed by atoms with E-state index in [9.17, 15) is 14.4 Å². The number of aryl methyl sites for hydroxylation is 1. The van der Waals surface area contributed by atoms with E-state index in [1.54, 1.807) is 66.7 Å². The molecule has 1 saturated heterocycles. The van der Waals surface area contributed by atoms with Crippen LogP contribution in [0.4, 0.5) is 10.5 Å². The Labute approximate surface area is 184 Å².